The second-order valence-corrected chi connectivity index (χ2v) is 3.48. The van der Waals surface area contributed by atoms with Crippen LogP contribution in [0.5, 0.6) is 0 Å². The molecule has 0 fully saturated rings. The summed E-state index contributed by atoms with van der Waals surface area (Å²) in [7, 11) is 1.41. The Morgan fingerprint density at radius 1 is 1.32 bits per heavy atom. The van der Waals surface area contributed by atoms with Crippen LogP contribution in [0.2, 0.25) is 0 Å². The lowest BCUT2D eigenvalue weighted by Crippen LogP contribution is -2.37. The van der Waals surface area contributed by atoms with Crippen LogP contribution < -0.4 is 16.0 Å². The highest BCUT2D eigenvalue weighted by molar-refractivity contribution is 6.00. The van der Waals surface area contributed by atoms with E-state index in [1.807, 2.05) is 0 Å². The highest BCUT2D eigenvalue weighted by Crippen LogP contribution is 2.16. The number of aromatic carboxylic acids is 1. The fourth-order valence-corrected chi connectivity index (χ4v) is 1.22. The molecule has 0 aromatic heterocycles. The van der Waals surface area contributed by atoms with Crippen LogP contribution in [0.4, 0.5) is 14.9 Å². The summed E-state index contributed by atoms with van der Waals surface area (Å²) in [5.41, 5.74) is -0.446. The van der Waals surface area contributed by atoms with Gasteiger partial charge in [0.05, 0.1) is 17.8 Å². The predicted molar refractivity (Wildman–Crippen MR) is 64.4 cm³/mol. The van der Waals surface area contributed by atoms with E-state index in [0.29, 0.717) is 0 Å². The van der Waals surface area contributed by atoms with Crippen LogP contribution in [-0.4, -0.2) is 36.6 Å². The zero-order valence-corrected chi connectivity index (χ0v) is 9.99. The number of carboxylic acid groups (broad SMARTS) is 1. The van der Waals surface area contributed by atoms with Crippen molar-refractivity contribution in [2.45, 2.75) is 0 Å². The van der Waals surface area contributed by atoms with E-state index in [0.717, 1.165) is 18.2 Å². The first kappa shape index (κ1) is 14.4. The van der Waals surface area contributed by atoms with Gasteiger partial charge in [-0.1, -0.05) is 0 Å². The molecule has 0 heterocycles. The number of nitrogens with one attached hydrogen (secondary N) is 3. The molecule has 0 spiro atoms. The van der Waals surface area contributed by atoms with Crippen LogP contribution in [0.25, 0.3) is 0 Å². The molecule has 1 aromatic carbocycles. The van der Waals surface area contributed by atoms with Gasteiger partial charge >= 0.3 is 12.0 Å². The number of rotatable bonds is 4. The average molecular weight is 269 g/mol. The van der Waals surface area contributed by atoms with Gasteiger partial charge in [-0.05, 0) is 18.2 Å². The third-order valence-electron chi connectivity index (χ3n) is 2.15. The Balaban J connectivity index is 2.74. The summed E-state index contributed by atoms with van der Waals surface area (Å²) in [6.07, 6.45) is 0. The molecule has 0 atom stereocenters. The molecule has 0 saturated heterocycles. The summed E-state index contributed by atoms with van der Waals surface area (Å²) in [5, 5.41) is 15.6. The van der Waals surface area contributed by atoms with Crippen molar-refractivity contribution in [2.75, 3.05) is 18.9 Å². The van der Waals surface area contributed by atoms with Crippen molar-refractivity contribution in [3.05, 3.63) is 29.6 Å². The quantitative estimate of drug-likeness (QED) is 0.634. The lowest BCUT2D eigenvalue weighted by atomic mass is 10.2. The number of hydrogen-bond donors (Lipinski definition) is 4. The molecule has 0 saturated carbocycles. The molecule has 19 heavy (non-hydrogen) atoms. The maximum atomic E-state index is 12.9. The topological polar surface area (TPSA) is 108 Å². The molecule has 1 aromatic rings. The number of anilines is 1. The summed E-state index contributed by atoms with van der Waals surface area (Å²) >= 11 is 0. The molecular weight excluding hydrogens is 257 g/mol. The summed E-state index contributed by atoms with van der Waals surface area (Å²) in [6, 6.07) is 2.16. The predicted octanol–water partition coefficient (Wildman–Crippen LogP) is 0.391. The van der Waals surface area contributed by atoms with Gasteiger partial charge in [0.15, 0.2) is 0 Å². The van der Waals surface area contributed by atoms with E-state index >= 15 is 0 Å². The fraction of sp³-hybridized carbons (Fsp3) is 0.182. The van der Waals surface area contributed by atoms with Crippen molar-refractivity contribution in [1.29, 1.82) is 0 Å². The lowest BCUT2D eigenvalue weighted by Gasteiger charge is -2.09. The van der Waals surface area contributed by atoms with Gasteiger partial charge in [-0.15, -0.1) is 0 Å². The smallest absolute Gasteiger partial charge is 0.337 e. The number of urea groups is 1. The average Bonchev–Trinajstić information content (AvgIpc) is 2.37. The molecule has 4 N–H and O–H groups in total. The zero-order valence-electron chi connectivity index (χ0n) is 9.99. The Morgan fingerprint density at radius 3 is 2.58 bits per heavy atom. The van der Waals surface area contributed by atoms with E-state index in [1.165, 1.54) is 7.05 Å². The zero-order chi connectivity index (χ0) is 14.4. The Kier molecular flexibility index (Phi) is 4.81. The minimum atomic E-state index is -1.37. The molecule has 3 amide bonds. The van der Waals surface area contributed by atoms with E-state index in [-0.39, 0.29) is 17.8 Å². The molecule has 1 rings (SSSR count). The highest BCUT2D eigenvalue weighted by atomic mass is 19.1. The van der Waals surface area contributed by atoms with Gasteiger partial charge in [0.1, 0.15) is 5.82 Å². The van der Waals surface area contributed by atoms with E-state index in [4.69, 9.17) is 5.11 Å². The first-order valence-electron chi connectivity index (χ1n) is 5.22. The molecule has 7 nitrogen and oxygen atoms in total. The Morgan fingerprint density at radius 2 is 2.00 bits per heavy atom. The molecule has 0 aliphatic carbocycles. The molecule has 0 bridgehead atoms. The molecule has 8 heteroatoms. The van der Waals surface area contributed by atoms with Crippen molar-refractivity contribution >= 4 is 23.6 Å². The van der Waals surface area contributed by atoms with Gasteiger partial charge in [0, 0.05) is 7.05 Å². The summed E-state index contributed by atoms with van der Waals surface area (Å²) in [6.45, 7) is -0.258. The van der Waals surface area contributed by atoms with Gasteiger partial charge in [-0.25, -0.2) is 14.0 Å². The molecule has 102 valence electrons. The molecular formula is C11H12FN3O4. The van der Waals surface area contributed by atoms with Gasteiger partial charge in [-0.2, -0.15) is 0 Å². The second kappa shape index (κ2) is 6.34. The normalized spacial score (nSPS) is 9.58. The number of carbonyl (C=O) groups excluding carboxylic acids is 2. The fourth-order valence-electron chi connectivity index (χ4n) is 1.22. The van der Waals surface area contributed by atoms with Crippen LogP contribution in [0.3, 0.4) is 0 Å². The van der Waals surface area contributed by atoms with Gasteiger partial charge in [0.2, 0.25) is 5.91 Å². The maximum absolute atomic E-state index is 12.9. The number of carbonyl (C=O) groups is 3. The molecule has 0 aliphatic heterocycles. The number of benzene rings is 1. The van der Waals surface area contributed by atoms with Crippen molar-refractivity contribution in [1.82, 2.24) is 10.6 Å². The van der Waals surface area contributed by atoms with E-state index in [1.54, 1.807) is 0 Å². The minimum absolute atomic E-state index is 0.0664. The van der Waals surface area contributed by atoms with Crippen molar-refractivity contribution < 1.29 is 23.9 Å². The minimum Gasteiger partial charge on any atom is -0.478 e. The second-order valence-electron chi connectivity index (χ2n) is 3.48. The highest BCUT2D eigenvalue weighted by Gasteiger charge is 2.13. The third kappa shape index (κ3) is 4.26. The third-order valence-corrected chi connectivity index (χ3v) is 2.15. The van der Waals surface area contributed by atoms with Gasteiger partial charge < -0.3 is 21.1 Å². The van der Waals surface area contributed by atoms with Gasteiger partial charge in [-0.3, -0.25) is 4.79 Å². The van der Waals surface area contributed by atoms with Crippen molar-refractivity contribution in [2.24, 2.45) is 0 Å². The Hall–Kier alpha value is -2.64. The van der Waals surface area contributed by atoms with Crippen LogP contribution in [-0.2, 0) is 4.79 Å². The number of hydrogen-bond acceptors (Lipinski definition) is 3. The molecule has 0 unspecified atom stereocenters. The van der Waals surface area contributed by atoms with Crippen LogP contribution in [0.15, 0.2) is 18.2 Å². The number of halogens is 1. The Labute approximate surface area is 107 Å². The number of carboxylic acids is 1. The number of amides is 3. The summed E-state index contributed by atoms with van der Waals surface area (Å²) in [5.74, 6) is -2.51. The van der Waals surface area contributed by atoms with E-state index < -0.39 is 23.7 Å². The van der Waals surface area contributed by atoms with Crippen LogP contribution in [0.1, 0.15) is 10.4 Å². The largest absolute Gasteiger partial charge is 0.478 e. The maximum Gasteiger partial charge on any atom is 0.337 e. The van der Waals surface area contributed by atoms with E-state index in [2.05, 4.69) is 16.0 Å². The number of likely N-dealkylation sites (N-methyl/N-ethyl adjacent to an activating group) is 1. The van der Waals surface area contributed by atoms with Gasteiger partial charge in [0.25, 0.3) is 0 Å². The summed E-state index contributed by atoms with van der Waals surface area (Å²) in [4.78, 5) is 33.2. The molecule has 0 radical (unpaired) electrons. The molecule has 0 aliphatic rings. The SMILES string of the molecule is CNC(=O)CNC(=O)Nc1ccc(F)cc1C(=O)O. The van der Waals surface area contributed by atoms with Crippen LogP contribution in [0, 0.1) is 5.82 Å². The Bertz CT molecular complexity index is 519. The lowest BCUT2D eigenvalue weighted by molar-refractivity contribution is -0.119. The first-order chi connectivity index (χ1) is 8.93. The standard InChI is InChI=1S/C11H12FN3O4/c1-13-9(16)5-14-11(19)15-8-3-2-6(12)4-7(8)10(17)18/h2-4H,5H2,1H3,(H,13,16)(H,17,18)(H2,14,15,19). The summed E-state index contributed by atoms with van der Waals surface area (Å²) < 4.78 is 12.9. The van der Waals surface area contributed by atoms with Crippen LogP contribution >= 0.6 is 0 Å². The monoisotopic (exact) mass is 269 g/mol. The van der Waals surface area contributed by atoms with Crippen molar-refractivity contribution in [3.63, 3.8) is 0 Å². The van der Waals surface area contributed by atoms with E-state index in [9.17, 15) is 18.8 Å². The van der Waals surface area contributed by atoms with Crippen molar-refractivity contribution in [3.8, 4) is 0 Å². The first-order valence-corrected chi connectivity index (χ1v) is 5.22.